The second-order valence-corrected chi connectivity index (χ2v) is 8.57. The molecule has 0 radical (unpaired) electrons. The minimum absolute atomic E-state index is 0.0391. The molecule has 1 amide bonds. The predicted octanol–water partition coefficient (Wildman–Crippen LogP) is 2.85. The number of benzene rings is 1. The van der Waals surface area contributed by atoms with Crippen molar-refractivity contribution in [1.82, 2.24) is 14.6 Å². The van der Waals surface area contributed by atoms with E-state index in [1.165, 1.54) is 38.5 Å². The number of anilines is 1. The number of carbonyl (C=O) groups excluding carboxylic acids is 1. The van der Waals surface area contributed by atoms with Gasteiger partial charge in [-0.1, -0.05) is 11.6 Å². The van der Waals surface area contributed by atoms with E-state index in [9.17, 15) is 26.4 Å². The molecule has 0 aliphatic rings. The van der Waals surface area contributed by atoms with Gasteiger partial charge in [0.15, 0.2) is 0 Å². The molecule has 0 saturated heterocycles. The molecule has 0 bridgehead atoms. The van der Waals surface area contributed by atoms with Crippen LogP contribution in [0.5, 0.6) is 0 Å². The number of nitrogens with one attached hydrogen (secondary N) is 2. The monoisotopic (exact) mass is 450 g/mol. The summed E-state index contributed by atoms with van der Waals surface area (Å²) in [5.41, 5.74) is -0.987. The number of aromatic nitrogens is 1. The second kappa shape index (κ2) is 8.97. The first-order valence-electron chi connectivity index (χ1n) is 8.21. The third kappa shape index (κ3) is 5.58. The van der Waals surface area contributed by atoms with Gasteiger partial charge in [-0.25, -0.2) is 17.7 Å². The number of nitrogens with zero attached hydrogens (tertiary/aromatic N) is 2. The number of hydrogen-bond acceptors (Lipinski definition) is 5. The minimum atomic E-state index is -4.56. The highest BCUT2D eigenvalue weighted by molar-refractivity contribution is 7.89. The Labute approximate surface area is 170 Å². The molecule has 1 aromatic heterocycles. The molecular weight excluding hydrogens is 433 g/mol. The second-order valence-electron chi connectivity index (χ2n) is 6.01. The molecule has 0 fully saturated rings. The number of amides is 1. The van der Waals surface area contributed by atoms with Gasteiger partial charge >= 0.3 is 6.18 Å². The van der Waals surface area contributed by atoms with E-state index >= 15 is 0 Å². The molecule has 1 aromatic carbocycles. The third-order valence-corrected chi connectivity index (χ3v) is 5.92. The quantitative estimate of drug-likeness (QED) is 0.633. The molecule has 2 aromatic rings. The van der Waals surface area contributed by atoms with Gasteiger partial charge in [-0.2, -0.15) is 13.2 Å². The van der Waals surface area contributed by atoms with E-state index in [0.717, 1.165) is 16.4 Å². The van der Waals surface area contributed by atoms with Crippen LogP contribution in [-0.4, -0.2) is 50.8 Å². The van der Waals surface area contributed by atoms with Crippen LogP contribution in [0.3, 0.4) is 0 Å². The van der Waals surface area contributed by atoms with E-state index in [2.05, 4.69) is 15.6 Å². The molecule has 0 aliphatic heterocycles. The predicted molar refractivity (Wildman–Crippen MR) is 102 cm³/mol. The fourth-order valence-corrected chi connectivity index (χ4v) is 3.41. The lowest BCUT2D eigenvalue weighted by atomic mass is 10.2. The summed E-state index contributed by atoms with van der Waals surface area (Å²) in [5.74, 6) is -1.02. The Morgan fingerprint density at radius 2 is 1.90 bits per heavy atom. The first kappa shape index (κ1) is 22.9. The molecule has 0 atom stereocenters. The van der Waals surface area contributed by atoms with Gasteiger partial charge in [-0.3, -0.25) is 4.79 Å². The molecule has 7 nitrogen and oxygen atoms in total. The molecular formula is C17H18ClF3N4O3S. The summed E-state index contributed by atoms with van der Waals surface area (Å²) in [6.45, 7) is -0.0904. The van der Waals surface area contributed by atoms with Crippen LogP contribution in [0.4, 0.5) is 19.0 Å². The SMILES string of the molecule is CN(C)S(=O)(=O)c1ccc(Cl)c(C(=O)NCCNc2ncccc2C(F)(F)F)c1. The Kier molecular flexibility index (Phi) is 7.09. The molecule has 158 valence electrons. The lowest BCUT2D eigenvalue weighted by Crippen LogP contribution is -2.30. The summed E-state index contributed by atoms with van der Waals surface area (Å²) in [4.78, 5) is 15.9. The average Bonchev–Trinajstić information content (AvgIpc) is 2.64. The Bertz CT molecular complexity index is 998. The zero-order valence-electron chi connectivity index (χ0n) is 15.4. The van der Waals surface area contributed by atoms with Crippen molar-refractivity contribution in [2.24, 2.45) is 0 Å². The Hall–Kier alpha value is -2.37. The van der Waals surface area contributed by atoms with Crippen LogP contribution in [0.1, 0.15) is 15.9 Å². The Morgan fingerprint density at radius 3 is 2.52 bits per heavy atom. The molecule has 12 heteroatoms. The van der Waals surface area contributed by atoms with Crippen molar-refractivity contribution in [2.75, 3.05) is 32.5 Å². The van der Waals surface area contributed by atoms with Crippen molar-refractivity contribution < 1.29 is 26.4 Å². The standard InChI is InChI=1S/C17H18ClF3N4O3S/c1-25(2)29(27,28)11-5-6-14(18)12(10-11)16(26)24-9-8-23-15-13(17(19,20)21)4-3-7-22-15/h3-7,10H,8-9H2,1-2H3,(H,22,23)(H,24,26). The molecule has 2 rings (SSSR count). The summed E-state index contributed by atoms with van der Waals surface area (Å²) in [7, 11) is -1.06. The zero-order valence-corrected chi connectivity index (χ0v) is 17.0. The number of halogens is 4. The van der Waals surface area contributed by atoms with Crippen molar-refractivity contribution >= 4 is 33.3 Å². The molecule has 0 unspecified atom stereocenters. The number of alkyl halides is 3. The topological polar surface area (TPSA) is 91.4 Å². The highest BCUT2D eigenvalue weighted by Crippen LogP contribution is 2.33. The largest absolute Gasteiger partial charge is 0.419 e. The van der Waals surface area contributed by atoms with E-state index in [-0.39, 0.29) is 34.4 Å². The maximum Gasteiger partial charge on any atom is 0.419 e. The van der Waals surface area contributed by atoms with E-state index in [0.29, 0.717) is 0 Å². The first-order valence-corrected chi connectivity index (χ1v) is 10.0. The minimum Gasteiger partial charge on any atom is -0.368 e. The molecule has 29 heavy (non-hydrogen) atoms. The number of rotatable bonds is 7. The van der Waals surface area contributed by atoms with Crippen LogP contribution in [0.2, 0.25) is 5.02 Å². The normalized spacial score (nSPS) is 12.1. The van der Waals surface area contributed by atoms with Crippen molar-refractivity contribution in [3.05, 3.63) is 52.7 Å². The maximum absolute atomic E-state index is 12.9. The number of sulfonamides is 1. The zero-order chi connectivity index (χ0) is 21.8. The van der Waals surface area contributed by atoms with E-state index in [4.69, 9.17) is 11.6 Å². The number of carbonyl (C=O) groups is 1. The Morgan fingerprint density at radius 1 is 1.21 bits per heavy atom. The van der Waals surface area contributed by atoms with Crippen LogP contribution in [0.25, 0.3) is 0 Å². The lowest BCUT2D eigenvalue weighted by molar-refractivity contribution is -0.137. The molecule has 0 saturated carbocycles. The van der Waals surface area contributed by atoms with Gasteiger partial charge in [0.2, 0.25) is 10.0 Å². The molecule has 0 spiro atoms. The van der Waals surface area contributed by atoms with Gasteiger partial charge in [0.25, 0.3) is 5.91 Å². The van der Waals surface area contributed by atoms with E-state index < -0.39 is 27.7 Å². The number of hydrogen-bond donors (Lipinski definition) is 2. The van der Waals surface area contributed by atoms with Gasteiger partial charge in [0.1, 0.15) is 5.82 Å². The van der Waals surface area contributed by atoms with Crippen molar-refractivity contribution in [2.45, 2.75) is 11.1 Å². The van der Waals surface area contributed by atoms with Crippen LogP contribution in [0.15, 0.2) is 41.4 Å². The first-order chi connectivity index (χ1) is 13.4. The smallest absolute Gasteiger partial charge is 0.368 e. The van der Waals surface area contributed by atoms with E-state index in [1.54, 1.807) is 0 Å². The molecule has 2 N–H and O–H groups in total. The summed E-state index contributed by atoms with van der Waals surface area (Å²) in [6.07, 6.45) is -3.35. The van der Waals surface area contributed by atoms with Gasteiger partial charge in [0, 0.05) is 33.4 Å². The van der Waals surface area contributed by atoms with Crippen LogP contribution in [-0.2, 0) is 16.2 Å². The van der Waals surface area contributed by atoms with Gasteiger partial charge in [-0.15, -0.1) is 0 Å². The highest BCUT2D eigenvalue weighted by atomic mass is 35.5. The van der Waals surface area contributed by atoms with Crippen molar-refractivity contribution in [3.8, 4) is 0 Å². The average molecular weight is 451 g/mol. The summed E-state index contributed by atoms with van der Waals surface area (Å²) >= 11 is 5.98. The van der Waals surface area contributed by atoms with Crippen molar-refractivity contribution in [3.63, 3.8) is 0 Å². The maximum atomic E-state index is 12.9. The third-order valence-electron chi connectivity index (χ3n) is 3.78. The molecule has 0 aliphatic carbocycles. The van der Waals surface area contributed by atoms with Gasteiger partial charge in [0.05, 0.1) is 21.0 Å². The highest BCUT2D eigenvalue weighted by Gasteiger charge is 2.33. The molecule has 1 heterocycles. The summed E-state index contributed by atoms with van der Waals surface area (Å²) in [5, 5.41) is 5.02. The van der Waals surface area contributed by atoms with Gasteiger partial charge < -0.3 is 10.6 Å². The Balaban J connectivity index is 2.04. The fraction of sp³-hybridized carbons (Fsp3) is 0.294. The van der Waals surface area contributed by atoms with E-state index in [1.807, 2.05) is 0 Å². The van der Waals surface area contributed by atoms with Crippen LogP contribution >= 0.6 is 11.6 Å². The van der Waals surface area contributed by atoms with Crippen molar-refractivity contribution in [1.29, 1.82) is 0 Å². The fourth-order valence-electron chi connectivity index (χ4n) is 2.28. The summed E-state index contributed by atoms with van der Waals surface area (Å²) < 4.78 is 64.2. The lowest BCUT2D eigenvalue weighted by Gasteiger charge is -2.14. The van der Waals surface area contributed by atoms with Crippen LogP contribution < -0.4 is 10.6 Å². The number of pyridine rings is 1. The van der Waals surface area contributed by atoms with Gasteiger partial charge in [-0.05, 0) is 30.3 Å². The summed E-state index contributed by atoms with van der Waals surface area (Å²) in [6, 6.07) is 5.77. The van der Waals surface area contributed by atoms with Crippen LogP contribution in [0, 0.1) is 0 Å².